The molecule has 0 saturated heterocycles. The van der Waals surface area contributed by atoms with Gasteiger partial charge in [-0.15, -0.1) is 0 Å². The molecule has 0 fully saturated rings. The number of halogens is 1. The minimum Gasteiger partial charge on any atom is -0.333 e. The first kappa shape index (κ1) is 15.6. The molecule has 1 atom stereocenters. The van der Waals surface area contributed by atoms with Crippen molar-refractivity contribution >= 4 is 27.7 Å². The molecule has 1 aromatic carbocycles. The number of carbonyl (C=O) groups is 1. The third kappa shape index (κ3) is 2.59. The van der Waals surface area contributed by atoms with E-state index < -0.39 is 0 Å². The third-order valence-electron chi connectivity index (χ3n) is 4.88. The molecule has 1 unspecified atom stereocenters. The highest BCUT2D eigenvalue weighted by atomic mass is 79.9. The number of nitrogens with zero attached hydrogens (tertiary/aromatic N) is 4. The lowest BCUT2D eigenvalue weighted by Crippen LogP contribution is -2.40. The fourth-order valence-electron chi connectivity index (χ4n) is 3.59. The molecular formula is C18H19BrN4O. The fraction of sp³-hybridized carbons (Fsp3) is 0.389. The van der Waals surface area contributed by atoms with Crippen molar-refractivity contribution in [2.45, 2.75) is 32.2 Å². The Hall–Kier alpha value is -1.95. The topological polar surface area (TPSA) is 50.5 Å². The Labute approximate surface area is 149 Å². The summed E-state index contributed by atoms with van der Waals surface area (Å²) < 4.78 is 3.10. The first-order chi connectivity index (χ1) is 11.7. The molecule has 124 valence electrons. The highest BCUT2D eigenvalue weighted by Crippen LogP contribution is 2.37. The van der Waals surface area contributed by atoms with Gasteiger partial charge in [0, 0.05) is 23.6 Å². The van der Waals surface area contributed by atoms with Crippen LogP contribution in [0.4, 0.5) is 0 Å². The predicted octanol–water partition coefficient (Wildman–Crippen LogP) is 2.98. The molecule has 0 spiro atoms. The van der Waals surface area contributed by atoms with Crippen LogP contribution < -0.4 is 0 Å². The van der Waals surface area contributed by atoms with Crippen molar-refractivity contribution in [1.29, 1.82) is 0 Å². The Kier molecular flexibility index (Phi) is 4.00. The van der Waals surface area contributed by atoms with Crippen LogP contribution in [0.15, 0.2) is 40.2 Å². The maximum atomic E-state index is 12.6. The summed E-state index contributed by atoms with van der Waals surface area (Å²) in [5, 5.41) is 0. The first-order valence-corrected chi connectivity index (χ1v) is 9.10. The number of rotatable bonds is 1. The zero-order valence-corrected chi connectivity index (χ0v) is 15.2. The van der Waals surface area contributed by atoms with Gasteiger partial charge in [0.25, 0.3) is 0 Å². The Bertz CT molecular complexity index is 826. The molecule has 0 aliphatic carbocycles. The number of fused-ring (bicyclic) bond motifs is 3. The van der Waals surface area contributed by atoms with Gasteiger partial charge in [-0.2, -0.15) is 0 Å². The van der Waals surface area contributed by atoms with Crippen LogP contribution in [-0.2, 0) is 17.6 Å². The zero-order chi connectivity index (χ0) is 16.7. The summed E-state index contributed by atoms with van der Waals surface area (Å²) in [5.74, 6) is 1.02. The van der Waals surface area contributed by atoms with Crippen molar-refractivity contribution in [2.75, 3.05) is 13.1 Å². The SMILES string of the molecule is CCc1cn(C2=NCC(=O)N3CCc4c(Br)cccc4C3C2)cn1. The number of carbonyl (C=O) groups excluding carboxylic acids is 1. The van der Waals surface area contributed by atoms with Crippen LogP contribution in [0.1, 0.15) is 36.2 Å². The number of aliphatic imine (C=N–C) groups is 1. The van der Waals surface area contributed by atoms with E-state index in [9.17, 15) is 4.79 Å². The van der Waals surface area contributed by atoms with Gasteiger partial charge in [0.1, 0.15) is 18.7 Å². The van der Waals surface area contributed by atoms with Crippen molar-refractivity contribution < 1.29 is 4.79 Å². The molecule has 24 heavy (non-hydrogen) atoms. The molecule has 0 N–H and O–H groups in total. The van der Waals surface area contributed by atoms with E-state index in [1.807, 2.05) is 28.1 Å². The summed E-state index contributed by atoms with van der Waals surface area (Å²) in [6.45, 7) is 3.06. The number of hydrogen-bond donors (Lipinski definition) is 0. The number of amides is 1. The molecule has 2 aliphatic heterocycles. The molecule has 0 radical (unpaired) electrons. The van der Waals surface area contributed by atoms with Crippen LogP contribution in [0.3, 0.4) is 0 Å². The van der Waals surface area contributed by atoms with E-state index in [-0.39, 0.29) is 18.5 Å². The van der Waals surface area contributed by atoms with Crippen LogP contribution in [0.25, 0.3) is 0 Å². The van der Waals surface area contributed by atoms with Gasteiger partial charge in [0.15, 0.2) is 0 Å². The van der Waals surface area contributed by atoms with Gasteiger partial charge in [-0.1, -0.05) is 35.0 Å². The lowest BCUT2D eigenvalue weighted by atomic mass is 9.90. The van der Waals surface area contributed by atoms with Crippen LogP contribution in [0, 0.1) is 0 Å². The molecule has 0 saturated carbocycles. The normalized spacial score (nSPS) is 20.2. The fourth-order valence-corrected chi connectivity index (χ4v) is 4.17. The molecular weight excluding hydrogens is 368 g/mol. The van der Waals surface area contributed by atoms with Crippen molar-refractivity contribution in [2.24, 2.45) is 4.99 Å². The van der Waals surface area contributed by atoms with Crippen molar-refractivity contribution in [3.05, 3.63) is 52.0 Å². The molecule has 0 bridgehead atoms. The lowest BCUT2D eigenvalue weighted by Gasteiger charge is -2.36. The minimum atomic E-state index is 0.0486. The molecule has 1 aromatic heterocycles. The monoisotopic (exact) mass is 386 g/mol. The second-order valence-electron chi connectivity index (χ2n) is 6.22. The van der Waals surface area contributed by atoms with Crippen LogP contribution in [0.5, 0.6) is 0 Å². The summed E-state index contributed by atoms with van der Waals surface area (Å²) in [6, 6.07) is 6.31. The maximum absolute atomic E-state index is 12.6. The highest BCUT2D eigenvalue weighted by Gasteiger charge is 2.34. The average Bonchev–Trinajstić information content (AvgIpc) is 3.01. The number of aromatic nitrogens is 2. The highest BCUT2D eigenvalue weighted by molar-refractivity contribution is 9.10. The lowest BCUT2D eigenvalue weighted by molar-refractivity contribution is -0.132. The Morgan fingerprint density at radius 1 is 1.38 bits per heavy atom. The maximum Gasteiger partial charge on any atom is 0.244 e. The van der Waals surface area contributed by atoms with Gasteiger partial charge < -0.3 is 4.90 Å². The van der Waals surface area contributed by atoms with Crippen LogP contribution >= 0.6 is 15.9 Å². The molecule has 6 heteroatoms. The molecule has 2 aliphatic rings. The molecule has 1 amide bonds. The average molecular weight is 387 g/mol. The molecule has 2 aromatic rings. The van der Waals surface area contributed by atoms with E-state index in [0.29, 0.717) is 6.42 Å². The Morgan fingerprint density at radius 2 is 2.25 bits per heavy atom. The van der Waals surface area contributed by atoms with Crippen molar-refractivity contribution in [1.82, 2.24) is 14.5 Å². The molecule has 4 rings (SSSR count). The van der Waals surface area contributed by atoms with Gasteiger partial charge in [0.2, 0.25) is 5.91 Å². The standard InChI is InChI=1S/C18H19BrN4O/c1-2-12-10-22(11-21-12)17-8-16-14-4-3-5-15(19)13(14)6-7-23(16)18(24)9-20-17/h3-5,10-11,16H,2,6-9H2,1H3. The summed E-state index contributed by atoms with van der Waals surface area (Å²) in [7, 11) is 0. The first-order valence-electron chi connectivity index (χ1n) is 8.30. The minimum absolute atomic E-state index is 0.0486. The summed E-state index contributed by atoms with van der Waals surface area (Å²) >= 11 is 3.66. The number of aryl methyl sites for hydroxylation is 1. The second kappa shape index (κ2) is 6.16. The Balaban J connectivity index is 1.74. The number of imidazole rings is 1. The Morgan fingerprint density at radius 3 is 3.04 bits per heavy atom. The number of benzene rings is 1. The van der Waals surface area contributed by atoms with Gasteiger partial charge in [-0.3, -0.25) is 14.4 Å². The predicted molar refractivity (Wildman–Crippen MR) is 96.2 cm³/mol. The van der Waals surface area contributed by atoms with Crippen molar-refractivity contribution in [3.63, 3.8) is 0 Å². The summed E-state index contributed by atoms with van der Waals surface area (Å²) in [4.78, 5) is 23.5. The molecule has 3 heterocycles. The van der Waals surface area contributed by atoms with E-state index >= 15 is 0 Å². The van der Waals surface area contributed by atoms with E-state index in [1.165, 1.54) is 11.1 Å². The van der Waals surface area contributed by atoms with Gasteiger partial charge in [0.05, 0.1) is 11.7 Å². The third-order valence-corrected chi connectivity index (χ3v) is 5.63. The molecule has 5 nitrogen and oxygen atoms in total. The number of hydrogen-bond acceptors (Lipinski definition) is 3. The van der Waals surface area contributed by atoms with E-state index in [1.54, 1.807) is 0 Å². The second-order valence-corrected chi connectivity index (χ2v) is 7.08. The van der Waals surface area contributed by atoms with Gasteiger partial charge in [-0.05, 0) is 30.0 Å². The zero-order valence-electron chi connectivity index (χ0n) is 13.6. The largest absolute Gasteiger partial charge is 0.333 e. The van der Waals surface area contributed by atoms with Crippen LogP contribution in [0.2, 0.25) is 0 Å². The summed E-state index contributed by atoms with van der Waals surface area (Å²) in [5.41, 5.74) is 3.58. The quantitative estimate of drug-likeness (QED) is 0.756. The van der Waals surface area contributed by atoms with E-state index in [0.717, 1.165) is 35.4 Å². The summed E-state index contributed by atoms with van der Waals surface area (Å²) in [6.07, 6.45) is 6.32. The van der Waals surface area contributed by atoms with Gasteiger partial charge >= 0.3 is 0 Å². The van der Waals surface area contributed by atoms with Crippen LogP contribution in [-0.4, -0.2) is 39.3 Å². The van der Waals surface area contributed by atoms with Crippen molar-refractivity contribution in [3.8, 4) is 0 Å². The van der Waals surface area contributed by atoms with E-state index in [2.05, 4.69) is 45.0 Å². The van der Waals surface area contributed by atoms with Gasteiger partial charge in [-0.25, -0.2) is 4.98 Å². The van der Waals surface area contributed by atoms with E-state index in [4.69, 9.17) is 0 Å². The smallest absolute Gasteiger partial charge is 0.244 e.